The van der Waals surface area contributed by atoms with Crippen molar-refractivity contribution in [2.24, 2.45) is 0 Å². The lowest BCUT2D eigenvalue weighted by molar-refractivity contribution is -0.149. The Labute approximate surface area is 125 Å². The van der Waals surface area contributed by atoms with Crippen molar-refractivity contribution in [2.45, 2.75) is 38.1 Å². The summed E-state index contributed by atoms with van der Waals surface area (Å²) >= 11 is 0. The Morgan fingerprint density at radius 3 is 2.90 bits per heavy atom. The molecule has 1 saturated heterocycles. The second-order valence-corrected chi connectivity index (χ2v) is 6.28. The van der Waals surface area contributed by atoms with E-state index in [1.165, 1.54) is 12.1 Å². The van der Waals surface area contributed by atoms with Crippen molar-refractivity contribution in [1.29, 1.82) is 0 Å². The number of ether oxygens (including phenoxy) is 1. The molecule has 0 radical (unpaired) electrons. The van der Waals surface area contributed by atoms with Crippen molar-refractivity contribution in [2.75, 3.05) is 26.2 Å². The largest absolute Gasteiger partial charge is 0.394 e. The van der Waals surface area contributed by atoms with E-state index in [9.17, 15) is 14.6 Å². The van der Waals surface area contributed by atoms with Crippen LogP contribution in [0, 0.1) is 5.82 Å². The average molecular weight is 297 g/mol. The zero-order chi connectivity index (χ0) is 15.5. The summed E-state index contributed by atoms with van der Waals surface area (Å²) < 4.78 is 18.9. The molecule has 0 saturated carbocycles. The summed E-state index contributed by atoms with van der Waals surface area (Å²) in [5, 5.41) is 19.4. The minimum Gasteiger partial charge on any atom is -0.394 e. The Kier molecular flexibility index (Phi) is 5.32. The third kappa shape index (κ3) is 4.74. The summed E-state index contributed by atoms with van der Waals surface area (Å²) in [4.78, 5) is 2.17. The topological polar surface area (TPSA) is 52.9 Å². The van der Waals surface area contributed by atoms with E-state index in [1.807, 2.05) is 13.8 Å². The van der Waals surface area contributed by atoms with Gasteiger partial charge in [-0.25, -0.2) is 4.39 Å². The SMILES string of the molecule is CC1(C)CN(CCC(O)c2cccc(F)c2)CC(CO)O1. The first kappa shape index (κ1) is 16.4. The van der Waals surface area contributed by atoms with Crippen molar-refractivity contribution in [3.8, 4) is 0 Å². The maximum absolute atomic E-state index is 13.2. The molecule has 1 aromatic rings. The smallest absolute Gasteiger partial charge is 0.123 e. The van der Waals surface area contributed by atoms with Crippen LogP contribution in [0.5, 0.6) is 0 Å². The predicted molar refractivity (Wildman–Crippen MR) is 78.5 cm³/mol. The lowest BCUT2D eigenvalue weighted by Gasteiger charge is -2.42. The van der Waals surface area contributed by atoms with Crippen molar-refractivity contribution in [1.82, 2.24) is 4.90 Å². The van der Waals surface area contributed by atoms with Crippen LogP contribution in [0.3, 0.4) is 0 Å². The lowest BCUT2D eigenvalue weighted by atomic mass is 10.0. The van der Waals surface area contributed by atoms with Crippen LogP contribution in [-0.4, -0.2) is 53.1 Å². The summed E-state index contributed by atoms with van der Waals surface area (Å²) in [5.74, 6) is -0.334. The van der Waals surface area contributed by atoms with Crippen molar-refractivity contribution in [3.05, 3.63) is 35.6 Å². The van der Waals surface area contributed by atoms with E-state index in [-0.39, 0.29) is 24.1 Å². The quantitative estimate of drug-likeness (QED) is 0.869. The molecule has 0 amide bonds. The highest BCUT2D eigenvalue weighted by Crippen LogP contribution is 2.23. The van der Waals surface area contributed by atoms with Crippen LogP contribution in [0.1, 0.15) is 31.9 Å². The number of rotatable bonds is 5. The highest BCUT2D eigenvalue weighted by molar-refractivity contribution is 5.18. The van der Waals surface area contributed by atoms with E-state index in [2.05, 4.69) is 4.90 Å². The fourth-order valence-electron chi connectivity index (χ4n) is 2.87. The van der Waals surface area contributed by atoms with E-state index < -0.39 is 6.10 Å². The van der Waals surface area contributed by atoms with Crippen LogP contribution >= 0.6 is 0 Å². The molecule has 21 heavy (non-hydrogen) atoms. The van der Waals surface area contributed by atoms with Gasteiger partial charge in [0.05, 0.1) is 24.4 Å². The van der Waals surface area contributed by atoms with Gasteiger partial charge in [-0.3, -0.25) is 4.90 Å². The lowest BCUT2D eigenvalue weighted by Crippen LogP contribution is -2.54. The molecule has 4 nitrogen and oxygen atoms in total. The third-order valence-corrected chi connectivity index (χ3v) is 3.71. The van der Waals surface area contributed by atoms with Crippen LogP contribution in [0.15, 0.2) is 24.3 Å². The molecule has 1 aromatic carbocycles. The Morgan fingerprint density at radius 2 is 2.24 bits per heavy atom. The summed E-state index contributed by atoms with van der Waals surface area (Å²) in [6.07, 6.45) is -0.350. The van der Waals surface area contributed by atoms with Gasteiger partial charge in [0.1, 0.15) is 5.82 Å². The Hall–Kier alpha value is -1.01. The molecule has 0 aliphatic carbocycles. The van der Waals surface area contributed by atoms with Gasteiger partial charge in [0.2, 0.25) is 0 Å². The van der Waals surface area contributed by atoms with Gasteiger partial charge in [0, 0.05) is 19.6 Å². The first-order valence-corrected chi connectivity index (χ1v) is 7.34. The van der Waals surface area contributed by atoms with E-state index in [0.29, 0.717) is 25.1 Å². The molecule has 0 spiro atoms. The molecule has 118 valence electrons. The second-order valence-electron chi connectivity index (χ2n) is 6.28. The maximum atomic E-state index is 13.2. The number of nitrogens with zero attached hydrogens (tertiary/aromatic N) is 1. The first-order chi connectivity index (χ1) is 9.89. The molecular weight excluding hydrogens is 273 g/mol. The fourth-order valence-corrected chi connectivity index (χ4v) is 2.87. The standard InChI is InChI=1S/C16H24FNO3/c1-16(2)11-18(9-14(10-19)21-16)7-6-15(20)12-4-3-5-13(17)8-12/h3-5,8,14-15,19-20H,6-7,9-11H2,1-2H3. The van der Waals surface area contributed by atoms with Crippen LogP contribution in [0.4, 0.5) is 4.39 Å². The van der Waals surface area contributed by atoms with Crippen molar-refractivity contribution >= 4 is 0 Å². The summed E-state index contributed by atoms with van der Waals surface area (Å²) in [5.41, 5.74) is 0.288. The monoisotopic (exact) mass is 297 g/mol. The van der Waals surface area contributed by atoms with Crippen LogP contribution in [0.25, 0.3) is 0 Å². The molecule has 2 atom stereocenters. The predicted octanol–water partition coefficient (Wildman–Crippen LogP) is 1.72. The highest BCUT2D eigenvalue weighted by atomic mass is 19.1. The molecule has 0 aromatic heterocycles. The van der Waals surface area contributed by atoms with Gasteiger partial charge in [0.15, 0.2) is 0 Å². The summed E-state index contributed by atoms with van der Waals surface area (Å²) in [7, 11) is 0. The van der Waals surface area contributed by atoms with Gasteiger partial charge >= 0.3 is 0 Å². The number of hydrogen-bond donors (Lipinski definition) is 2. The van der Waals surface area contributed by atoms with Gasteiger partial charge in [-0.15, -0.1) is 0 Å². The molecule has 1 aliphatic heterocycles. The number of aliphatic hydroxyl groups is 2. The van der Waals surface area contributed by atoms with Crippen molar-refractivity contribution in [3.63, 3.8) is 0 Å². The number of benzene rings is 1. The number of hydrogen-bond acceptors (Lipinski definition) is 4. The van der Waals surface area contributed by atoms with E-state index in [1.54, 1.807) is 12.1 Å². The molecule has 2 unspecified atom stereocenters. The molecule has 0 bridgehead atoms. The minimum atomic E-state index is -0.681. The first-order valence-electron chi connectivity index (χ1n) is 7.34. The van der Waals surface area contributed by atoms with Gasteiger partial charge in [-0.05, 0) is 38.0 Å². The van der Waals surface area contributed by atoms with Gasteiger partial charge in [-0.1, -0.05) is 12.1 Å². The summed E-state index contributed by atoms with van der Waals surface area (Å²) in [6.45, 7) is 6.05. The van der Waals surface area contributed by atoms with E-state index >= 15 is 0 Å². The van der Waals surface area contributed by atoms with Gasteiger partial charge < -0.3 is 14.9 Å². The molecule has 2 N–H and O–H groups in total. The molecular formula is C16H24FNO3. The number of morpholine rings is 1. The molecule has 1 aliphatic rings. The number of aliphatic hydroxyl groups excluding tert-OH is 2. The van der Waals surface area contributed by atoms with E-state index in [4.69, 9.17) is 4.74 Å². The summed E-state index contributed by atoms with van der Waals surface area (Å²) in [6, 6.07) is 6.07. The van der Waals surface area contributed by atoms with Crippen LogP contribution in [0.2, 0.25) is 0 Å². The molecule has 1 fully saturated rings. The Balaban J connectivity index is 1.90. The Bertz CT molecular complexity index is 467. The fraction of sp³-hybridized carbons (Fsp3) is 0.625. The number of halogens is 1. The molecule has 2 rings (SSSR count). The minimum absolute atomic E-state index is 0.00756. The zero-order valence-electron chi connectivity index (χ0n) is 12.6. The van der Waals surface area contributed by atoms with Gasteiger partial charge in [-0.2, -0.15) is 0 Å². The average Bonchev–Trinajstić information content (AvgIpc) is 2.43. The molecule has 1 heterocycles. The maximum Gasteiger partial charge on any atom is 0.123 e. The molecule has 5 heteroatoms. The Morgan fingerprint density at radius 1 is 1.48 bits per heavy atom. The van der Waals surface area contributed by atoms with E-state index in [0.717, 1.165) is 6.54 Å². The third-order valence-electron chi connectivity index (χ3n) is 3.71. The highest BCUT2D eigenvalue weighted by Gasteiger charge is 2.32. The van der Waals surface area contributed by atoms with Gasteiger partial charge in [0.25, 0.3) is 0 Å². The van der Waals surface area contributed by atoms with Crippen LogP contribution < -0.4 is 0 Å². The zero-order valence-corrected chi connectivity index (χ0v) is 12.6. The van der Waals surface area contributed by atoms with Crippen molar-refractivity contribution < 1.29 is 19.3 Å². The van der Waals surface area contributed by atoms with Crippen LogP contribution in [-0.2, 0) is 4.74 Å². The second kappa shape index (κ2) is 6.83. The normalized spacial score (nSPS) is 24.0.